The van der Waals surface area contributed by atoms with Crippen molar-refractivity contribution in [1.29, 1.82) is 0 Å². The first-order valence-electron chi connectivity index (χ1n) is 10.7. The van der Waals surface area contributed by atoms with Gasteiger partial charge >= 0.3 is 5.97 Å². The lowest BCUT2D eigenvalue weighted by atomic mass is 9.68. The number of allylic oxidation sites excluding steroid dienone is 1. The number of ether oxygens (including phenoxy) is 3. The number of methoxy groups -OCH3 is 1. The maximum absolute atomic E-state index is 11.9. The first kappa shape index (κ1) is 18.6. The zero-order valence-corrected chi connectivity index (χ0v) is 17.2. The van der Waals surface area contributed by atoms with Gasteiger partial charge in [0.05, 0.1) is 24.3 Å². The molecule has 6 nitrogen and oxygen atoms in total. The van der Waals surface area contributed by atoms with Crippen LogP contribution >= 0.6 is 0 Å². The van der Waals surface area contributed by atoms with E-state index in [1.807, 2.05) is 6.08 Å². The molecule has 5 rings (SSSR count). The van der Waals surface area contributed by atoms with Gasteiger partial charge in [-0.05, 0) is 44.7 Å². The van der Waals surface area contributed by atoms with Crippen molar-refractivity contribution < 1.29 is 24.1 Å². The molecular formula is C22H31NO5. The summed E-state index contributed by atoms with van der Waals surface area (Å²) < 4.78 is 17.2. The number of piperidine rings is 1. The average Bonchev–Trinajstić information content (AvgIpc) is 3.27. The standard InChI is InChI=1S/C22H31NO5/c1-5-6-8-21-16-7-9-23(21)14-11-17(21)28-22(16,25)18(14)12(2)10-15-19(26-4)13(3)20(24)27-15/h10,12,14,16-18,25H,5-9,11H2,1-4H3/b15-10-/t12-,14+,16+,17+,18-,21+,22+/m1/s1. The molecule has 154 valence electrons. The molecule has 0 aromatic rings. The maximum atomic E-state index is 11.9. The van der Waals surface area contributed by atoms with Gasteiger partial charge in [-0.25, -0.2) is 4.79 Å². The second-order valence-corrected chi connectivity index (χ2v) is 9.25. The molecule has 5 aliphatic heterocycles. The van der Waals surface area contributed by atoms with E-state index in [0.717, 1.165) is 25.8 Å². The predicted molar refractivity (Wildman–Crippen MR) is 102 cm³/mol. The molecule has 4 saturated heterocycles. The van der Waals surface area contributed by atoms with Gasteiger partial charge in [0, 0.05) is 17.9 Å². The number of esters is 1. The van der Waals surface area contributed by atoms with Crippen LogP contribution in [0.25, 0.3) is 0 Å². The quantitative estimate of drug-likeness (QED) is 0.705. The Morgan fingerprint density at radius 3 is 2.96 bits per heavy atom. The molecule has 5 heterocycles. The van der Waals surface area contributed by atoms with E-state index >= 15 is 0 Å². The van der Waals surface area contributed by atoms with Gasteiger partial charge in [0.15, 0.2) is 17.3 Å². The van der Waals surface area contributed by atoms with E-state index in [9.17, 15) is 9.90 Å². The highest BCUT2D eigenvalue weighted by molar-refractivity contribution is 5.93. The van der Waals surface area contributed by atoms with Crippen LogP contribution < -0.4 is 0 Å². The normalized spacial score (nSPS) is 48.1. The van der Waals surface area contributed by atoms with E-state index < -0.39 is 5.79 Å². The number of hydrogen-bond acceptors (Lipinski definition) is 6. The van der Waals surface area contributed by atoms with E-state index in [-0.39, 0.29) is 35.4 Å². The van der Waals surface area contributed by atoms with Crippen LogP contribution in [0.4, 0.5) is 0 Å². The molecule has 6 heteroatoms. The van der Waals surface area contributed by atoms with Crippen LogP contribution in [0.2, 0.25) is 0 Å². The van der Waals surface area contributed by atoms with Gasteiger partial charge in [-0.1, -0.05) is 26.7 Å². The van der Waals surface area contributed by atoms with Crippen molar-refractivity contribution in [2.24, 2.45) is 17.8 Å². The summed E-state index contributed by atoms with van der Waals surface area (Å²) in [7, 11) is 1.55. The first-order valence-corrected chi connectivity index (χ1v) is 10.7. The van der Waals surface area contributed by atoms with Gasteiger partial charge in [0.1, 0.15) is 0 Å². The Hall–Kier alpha value is -1.37. The zero-order valence-electron chi connectivity index (χ0n) is 17.2. The van der Waals surface area contributed by atoms with Crippen LogP contribution in [0.1, 0.15) is 52.9 Å². The van der Waals surface area contributed by atoms with E-state index in [4.69, 9.17) is 14.2 Å². The topological polar surface area (TPSA) is 68.2 Å². The Kier molecular flexibility index (Phi) is 4.04. The lowest BCUT2D eigenvalue weighted by molar-refractivity contribution is -0.280. The summed E-state index contributed by atoms with van der Waals surface area (Å²) in [5.41, 5.74) is 0.527. The molecule has 4 fully saturated rings. The molecule has 0 aliphatic carbocycles. The number of aliphatic hydroxyl groups is 1. The smallest absolute Gasteiger partial charge is 0.343 e. The fourth-order valence-corrected chi connectivity index (χ4v) is 7.19. The summed E-state index contributed by atoms with van der Waals surface area (Å²) in [5, 5.41) is 11.8. The summed E-state index contributed by atoms with van der Waals surface area (Å²) in [4.78, 5) is 14.6. The van der Waals surface area contributed by atoms with Crippen molar-refractivity contribution in [3.05, 3.63) is 23.2 Å². The molecule has 28 heavy (non-hydrogen) atoms. The Bertz CT molecular complexity index is 775. The van der Waals surface area contributed by atoms with E-state index in [1.165, 1.54) is 12.8 Å². The molecule has 5 aliphatic rings. The second-order valence-electron chi connectivity index (χ2n) is 9.25. The Labute approximate surface area is 166 Å². The average molecular weight is 389 g/mol. The summed E-state index contributed by atoms with van der Waals surface area (Å²) in [6.45, 7) is 7.09. The predicted octanol–water partition coefficient (Wildman–Crippen LogP) is 2.72. The number of nitrogens with zero attached hydrogens (tertiary/aromatic N) is 1. The highest BCUT2D eigenvalue weighted by Gasteiger charge is 2.80. The van der Waals surface area contributed by atoms with E-state index in [0.29, 0.717) is 23.1 Å². The fraction of sp³-hybridized carbons (Fsp3) is 0.773. The van der Waals surface area contributed by atoms with E-state index in [2.05, 4.69) is 18.7 Å². The third kappa shape index (κ3) is 2.06. The number of rotatable bonds is 6. The van der Waals surface area contributed by atoms with Gasteiger partial charge in [-0.3, -0.25) is 4.90 Å². The molecular weight excluding hydrogens is 358 g/mol. The molecule has 0 aromatic carbocycles. The molecule has 8 atom stereocenters. The van der Waals surface area contributed by atoms with Gasteiger partial charge in [-0.15, -0.1) is 0 Å². The van der Waals surface area contributed by atoms with Crippen LogP contribution in [0.5, 0.6) is 0 Å². The van der Waals surface area contributed by atoms with Gasteiger partial charge in [0.25, 0.3) is 0 Å². The van der Waals surface area contributed by atoms with Crippen molar-refractivity contribution in [3.63, 3.8) is 0 Å². The number of carbonyl (C=O) groups is 1. The third-order valence-corrected chi connectivity index (χ3v) is 8.12. The highest BCUT2D eigenvalue weighted by Crippen LogP contribution is 2.68. The second kappa shape index (κ2) is 6.07. The summed E-state index contributed by atoms with van der Waals surface area (Å²) >= 11 is 0. The SMILES string of the molecule is CCCC[C@@]12[C@@H]3C[C@H]4[C@@H]([C@H](C)/C=C5\OC(=O)C(C)=C5OC)[C@@](O)(O3)[C@H]1CCN42. The highest BCUT2D eigenvalue weighted by atomic mass is 16.6. The lowest BCUT2D eigenvalue weighted by Crippen LogP contribution is -2.63. The van der Waals surface area contributed by atoms with Gasteiger partial charge in [-0.2, -0.15) is 0 Å². The largest absolute Gasteiger partial charge is 0.492 e. The number of cyclic esters (lactones) is 1. The Morgan fingerprint density at radius 2 is 2.25 bits per heavy atom. The van der Waals surface area contributed by atoms with Gasteiger partial charge < -0.3 is 19.3 Å². The minimum Gasteiger partial charge on any atom is -0.492 e. The molecule has 0 radical (unpaired) electrons. The summed E-state index contributed by atoms with van der Waals surface area (Å²) in [5.74, 6) is -0.329. The molecule has 1 N–H and O–H groups in total. The van der Waals surface area contributed by atoms with Gasteiger partial charge in [0.2, 0.25) is 0 Å². The summed E-state index contributed by atoms with van der Waals surface area (Å²) in [6.07, 6.45) is 7.56. The lowest BCUT2D eigenvalue weighted by Gasteiger charge is -2.51. The zero-order chi connectivity index (χ0) is 19.8. The number of carbonyl (C=O) groups excluding carboxylic acids is 1. The van der Waals surface area contributed by atoms with Crippen molar-refractivity contribution in [1.82, 2.24) is 4.90 Å². The monoisotopic (exact) mass is 389 g/mol. The number of hydrogen-bond donors (Lipinski definition) is 1. The molecule has 0 saturated carbocycles. The van der Waals surface area contributed by atoms with E-state index in [1.54, 1.807) is 14.0 Å². The minimum absolute atomic E-state index is 0.000162. The molecule has 0 aromatic heterocycles. The van der Waals surface area contributed by atoms with Crippen LogP contribution in [-0.2, 0) is 19.0 Å². The van der Waals surface area contributed by atoms with Crippen LogP contribution in [0, 0.1) is 17.8 Å². The van der Waals surface area contributed by atoms with Crippen molar-refractivity contribution in [3.8, 4) is 0 Å². The Morgan fingerprint density at radius 1 is 1.46 bits per heavy atom. The summed E-state index contributed by atoms with van der Waals surface area (Å²) in [6, 6.07) is 0.319. The van der Waals surface area contributed by atoms with Crippen molar-refractivity contribution in [2.75, 3.05) is 13.7 Å². The fourth-order valence-electron chi connectivity index (χ4n) is 7.19. The van der Waals surface area contributed by atoms with Crippen LogP contribution in [0.15, 0.2) is 23.2 Å². The van der Waals surface area contributed by atoms with Crippen LogP contribution in [0.3, 0.4) is 0 Å². The van der Waals surface area contributed by atoms with Crippen molar-refractivity contribution in [2.45, 2.75) is 76.3 Å². The Balaban J connectivity index is 1.48. The minimum atomic E-state index is -1.08. The van der Waals surface area contributed by atoms with Crippen molar-refractivity contribution >= 4 is 5.97 Å². The third-order valence-electron chi connectivity index (χ3n) is 8.12. The molecule has 0 amide bonds. The molecule has 0 spiro atoms. The maximum Gasteiger partial charge on any atom is 0.343 e. The number of unbranched alkanes of at least 4 members (excludes halogenated alkanes) is 1. The molecule has 5 bridgehead atoms. The van der Waals surface area contributed by atoms with Crippen LogP contribution in [-0.4, -0.2) is 53.1 Å². The molecule has 1 unspecified atom stereocenters. The first-order chi connectivity index (χ1) is 13.4.